The molecule has 3 aromatic rings. The maximum atomic E-state index is 14.1. The van der Waals surface area contributed by atoms with Gasteiger partial charge in [0, 0.05) is 43.0 Å². The zero-order chi connectivity index (χ0) is 21.1. The van der Waals surface area contributed by atoms with Gasteiger partial charge in [0.2, 0.25) is 10.9 Å². The molecular weight excluding hydrogens is 402 g/mol. The molecule has 0 bridgehead atoms. The van der Waals surface area contributed by atoms with Gasteiger partial charge in [0.05, 0.1) is 0 Å². The minimum atomic E-state index is -2.77. The summed E-state index contributed by atoms with van der Waals surface area (Å²) in [5, 5.41) is 0. The first-order valence-corrected chi connectivity index (χ1v) is 9.73. The minimum absolute atomic E-state index is 0.0572. The summed E-state index contributed by atoms with van der Waals surface area (Å²) in [6.07, 6.45) is 1.62. The summed E-state index contributed by atoms with van der Waals surface area (Å²) >= 11 is 0. The molecule has 1 aromatic heterocycles. The van der Waals surface area contributed by atoms with Crippen molar-refractivity contribution in [2.45, 2.75) is 13.5 Å². The number of hydrogen-bond acceptors (Lipinski definition) is 4. The highest BCUT2D eigenvalue weighted by atomic mass is 32.2. The Hall–Kier alpha value is -3.04. The lowest BCUT2D eigenvalue weighted by Gasteiger charge is -2.16. The first-order chi connectivity index (χ1) is 13.7. The van der Waals surface area contributed by atoms with Crippen LogP contribution in [0.2, 0.25) is 0 Å². The highest BCUT2D eigenvalue weighted by Crippen LogP contribution is 2.36. The Labute approximate surface area is 167 Å². The highest BCUT2D eigenvalue weighted by Gasteiger charge is 2.15. The fourth-order valence-electron chi connectivity index (χ4n) is 2.82. The topological polar surface area (TPSA) is 77.4 Å². The molecule has 0 unspecified atom stereocenters. The molecule has 0 spiro atoms. The molecule has 1 heterocycles. The smallest absolute Gasteiger partial charge is 0.250 e. The number of aromatic nitrogens is 1. The summed E-state index contributed by atoms with van der Waals surface area (Å²) in [7, 11) is -1.17. The highest BCUT2D eigenvalue weighted by molar-refractivity contribution is 7.70. The number of pyridine rings is 1. The van der Waals surface area contributed by atoms with Gasteiger partial charge in [-0.1, -0.05) is 6.07 Å². The van der Waals surface area contributed by atoms with Crippen LogP contribution in [0.15, 0.2) is 53.5 Å². The van der Waals surface area contributed by atoms with E-state index in [0.29, 0.717) is 22.3 Å². The van der Waals surface area contributed by atoms with Crippen molar-refractivity contribution in [2.24, 2.45) is 7.05 Å². The van der Waals surface area contributed by atoms with Crippen molar-refractivity contribution in [2.75, 3.05) is 0 Å². The third-order valence-corrected chi connectivity index (χ3v) is 4.71. The first-order valence-electron chi connectivity index (χ1n) is 8.56. The van der Waals surface area contributed by atoms with Gasteiger partial charge >= 0.3 is 0 Å². The number of halogens is 2. The van der Waals surface area contributed by atoms with Crippen molar-refractivity contribution in [3.63, 3.8) is 0 Å². The molecule has 0 amide bonds. The summed E-state index contributed by atoms with van der Waals surface area (Å²) in [6.45, 7) is 1.81. The van der Waals surface area contributed by atoms with E-state index in [1.54, 1.807) is 38.4 Å². The molecule has 3 rings (SSSR count). The number of benzene rings is 2. The fraction of sp³-hybridized carbons (Fsp3) is 0.150. The summed E-state index contributed by atoms with van der Waals surface area (Å²) in [6, 6.07) is 9.32. The van der Waals surface area contributed by atoms with Gasteiger partial charge in [0.15, 0.2) is 11.6 Å². The molecule has 0 radical (unpaired) electrons. The molecule has 0 aliphatic carbocycles. The standard InChI is InChI=1S/C20H18F2N2O4S/c1-12-7-20(25)24(2)11-16(12)15-8-13(10-23-29(26)27)3-5-18(15)28-19-6-4-14(21)9-17(19)22/h3-9,11,29H,10H2,1-2H3,(H,23,26,27). The van der Waals surface area contributed by atoms with Crippen molar-refractivity contribution in [3.05, 3.63) is 81.8 Å². The monoisotopic (exact) mass is 420 g/mol. The normalized spacial score (nSPS) is 11.1. The predicted molar refractivity (Wildman–Crippen MR) is 105 cm³/mol. The van der Waals surface area contributed by atoms with Crippen molar-refractivity contribution < 1.29 is 21.9 Å². The molecule has 29 heavy (non-hydrogen) atoms. The third-order valence-electron chi connectivity index (χ3n) is 4.30. The van der Waals surface area contributed by atoms with Gasteiger partial charge in [-0.15, -0.1) is 0 Å². The van der Waals surface area contributed by atoms with E-state index < -0.39 is 22.5 Å². The number of hydrogen-bond donors (Lipinski definition) is 2. The zero-order valence-electron chi connectivity index (χ0n) is 15.6. The molecular formula is C20H18F2N2O4S. The lowest BCUT2D eigenvalue weighted by Crippen LogP contribution is -2.16. The number of nitrogens with zero attached hydrogens (tertiary/aromatic N) is 1. The Kier molecular flexibility index (Phi) is 6.09. The number of rotatable bonds is 6. The van der Waals surface area contributed by atoms with Crippen LogP contribution < -0.4 is 15.0 Å². The SMILES string of the molecule is Cc1cc(=O)n(C)cc1-c1cc(CN[SH](=O)=O)ccc1Oc1ccc(F)cc1F. The molecule has 0 saturated heterocycles. The van der Waals surface area contributed by atoms with E-state index in [9.17, 15) is 22.0 Å². The van der Waals surface area contributed by atoms with E-state index in [4.69, 9.17) is 4.74 Å². The second-order valence-corrected chi connectivity index (χ2v) is 7.25. The van der Waals surface area contributed by atoms with E-state index in [1.807, 2.05) is 0 Å². The van der Waals surface area contributed by atoms with Crippen LogP contribution in [0.25, 0.3) is 11.1 Å². The molecule has 2 aromatic carbocycles. The fourth-order valence-corrected chi connectivity index (χ4v) is 3.14. The first kappa shape index (κ1) is 20.7. The number of ether oxygens (including phenoxy) is 1. The molecule has 0 atom stereocenters. The van der Waals surface area contributed by atoms with Gasteiger partial charge in [-0.05, 0) is 42.3 Å². The molecule has 152 valence electrons. The third kappa shape index (κ3) is 4.87. The summed E-state index contributed by atoms with van der Waals surface area (Å²) in [4.78, 5) is 11.9. The lowest BCUT2D eigenvalue weighted by atomic mass is 9.99. The lowest BCUT2D eigenvalue weighted by molar-refractivity contribution is 0.439. The van der Waals surface area contributed by atoms with E-state index in [-0.39, 0.29) is 23.6 Å². The minimum Gasteiger partial charge on any atom is -0.454 e. The van der Waals surface area contributed by atoms with Gasteiger partial charge in [-0.3, -0.25) is 4.79 Å². The molecule has 0 aliphatic rings. The van der Waals surface area contributed by atoms with E-state index in [1.165, 1.54) is 16.7 Å². The predicted octanol–water partition coefficient (Wildman–Crippen LogP) is 3.05. The Morgan fingerprint density at radius 3 is 2.45 bits per heavy atom. The van der Waals surface area contributed by atoms with E-state index in [0.717, 1.165) is 12.1 Å². The Morgan fingerprint density at radius 2 is 1.76 bits per heavy atom. The second kappa shape index (κ2) is 8.54. The molecule has 0 aliphatic heterocycles. The second-order valence-electron chi connectivity index (χ2n) is 6.42. The Morgan fingerprint density at radius 1 is 1.03 bits per heavy atom. The Bertz CT molecular complexity index is 1200. The number of aryl methyl sites for hydroxylation is 2. The van der Waals surface area contributed by atoms with Crippen LogP contribution >= 0.6 is 0 Å². The maximum absolute atomic E-state index is 14.1. The molecule has 9 heteroatoms. The van der Waals surface area contributed by atoms with Crippen LogP contribution in [-0.2, 0) is 24.5 Å². The van der Waals surface area contributed by atoms with Gasteiger partial charge < -0.3 is 9.30 Å². The van der Waals surface area contributed by atoms with Crippen LogP contribution in [-0.4, -0.2) is 13.0 Å². The largest absolute Gasteiger partial charge is 0.454 e. The van der Waals surface area contributed by atoms with Crippen molar-refractivity contribution in [1.29, 1.82) is 0 Å². The van der Waals surface area contributed by atoms with Gasteiger partial charge in [-0.2, -0.15) is 0 Å². The average Bonchev–Trinajstić information content (AvgIpc) is 2.66. The van der Waals surface area contributed by atoms with Gasteiger partial charge in [0.25, 0.3) is 5.56 Å². The van der Waals surface area contributed by atoms with Crippen LogP contribution in [0.5, 0.6) is 11.5 Å². The summed E-state index contributed by atoms with van der Waals surface area (Å²) < 4.78 is 58.3. The van der Waals surface area contributed by atoms with Crippen LogP contribution in [0.3, 0.4) is 0 Å². The number of nitrogens with one attached hydrogen (secondary N) is 1. The number of thiol groups is 1. The van der Waals surface area contributed by atoms with Crippen LogP contribution in [0.1, 0.15) is 11.1 Å². The van der Waals surface area contributed by atoms with Gasteiger partial charge in [0.1, 0.15) is 11.6 Å². The molecule has 0 saturated carbocycles. The zero-order valence-corrected chi connectivity index (χ0v) is 16.5. The molecule has 1 N–H and O–H groups in total. The van der Waals surface area contributed by atoms with Crippen LogP contribution in [0.4, 0.5) is 8.78 Å². The van der Waals surface area contributed by atoms with E-state index >= 15 is 0 Å². The van der Waals surface area contributed by atoms with Crippen LogP contribution in [0, 0.1) is 18.6 Å². The van der Waals surface area contributed by atoms with Crippen molar-refractivity contribution in [1.82, 2.24) is 9.29 Å². The average molecular weight is 420 g/mol. The van der Waals surface area contributed by atoms with Crippen molar-refractivity contribution in [3.8, 4) is 22.6 Å². The molecule has 0 fully saturated rings. The molecule has 6 nitrogen and oxygen atoms in total. The maximum Gasteiger partial charge on any atom is 0.250 e. The van der Waals surface area contributed by atoms with Crippen molar-refractivity contribution >= 4 is 10.9 Å². The quantitative estimate of drug-likeness (QED) is 0.601. The van der Waals surface area contributed by atoms with Gasteiger partial charge in [-0.25, -0.2) is 21.9 Å². The van der Waals surface area contributed by atoms with E-state index in [2.05, 4.69) is 4.72 Å². The summed E-state index contributed by atoms with van der Waals surface area (Å²) in [5.74, 6) is -1.48. The summed E-state index contributed by atoms with van der Waals surface area (Å²) in [5.41, 5.74) is 2.29. The Balaban J connectivity index is 2.12.